The van der Waals surface area contributed by atoms with E-state index >= 15 is 0 Å². The van der Waals surface area contributed by atoms with Crippen LogP contribution in [0.2, 0.25) is 0 Å². The molecule has 3 aromatic rings. The van der Waals surface area contributed by atoms with Gasteiger partial charge >= 0.3 is 0 Å². The quantitative estimate of drug-likeness (QED) is 0.803. The van der Waals surface area contributed by atoms with Gasteiger partial charge in [-0.05, 0) is 37.6 Å². The fourth-order valence-corrected chi connectivity index (χ4v) is 2.49. The van der Waals surface area contributed by atoms with E-state index in [-0.39, 0.29) is 5.91 Å². The number of benzene rings is 1. The molecule has 116 valence electrons. The van der Waals surface area contributed by atoms with Crippen molar-refractivity contribution in [1.29, 1.82) is 0 Å². The number of hydrogen-bond acceptors (Lipinski definition) is 3. The molecule has 0 aliphatic carbocycles. The third-order valence-corrected chi connectivity index (χ3v) is 3.58. The molecule has 0 spiro atoms. The van der Waals surface area contributed by atoms with Gasteiger partial charge in [-0.1, -0.05) is 31.2 Å². The summed E-state index contributed by atoms with van der Waals surface area (Å²) in [6.45, 7) is 3.90. The largest absolute Gasteiger partial charge is 0.306 e. The molecule has 0 aliphatic rings. The van der Waals surface area contributed by atoms with Crippen molar-refractivity contribution in [3.8, 4) is 5.69 Å². The van der Waals surface area contributed by atoms with Crippen LogP contribution >= 0.6 is 0 Å². The topological polar surface area (TPSA) is 59.8 Å². The SMILES string of the molecule is CCc1c(C(=O)Nc2cccc(C)n2)cnn1-c1ccccc1. The number of carbonyl (C=O) groups is 1. The molecule has 0 aliphatic heterocycles. The average molecular weight is 306 g/mol. The monoisotopic (exact) mass is 306 g/mol. The van der Waals surface area contributed by atoms with Crippen LogP contribution in [0.5, 0.6) is 0 Å². The van der Waals surface area contributed by atoms with Crippen molar-refractivity contribution in [2.45, 2.75) is 20.3 Å². The number of para-hydroxylation sites is 1. The van der Waals surface area contributed by atoms with E-state index in [9.17, 15) is 4.79 Å². The van der Waals surface area contributed by atoms with Crippen molar-refractivity contribution in [3.63, 3.8) is 0 Å². The lowest BCUT2D eigenvalue weighted by atomic mass is 10.2. The molecule has 0 saturated heterocycles. The summed E-state index contributed by atoms with van der Waals surface area (Å²) in [6, 6.07) is 15.3. The number of anilines is 1. The van der Waals surface area contributed by atoms with Crippen LogP contribution in [0.3, 0.4) is 0 Å². The maximum Gasteiger partial charge on any atom is 0.260 e. The molecule has 5 nitrogen and oxygen atoms in total. The summed E-state index contributed by atoms with van der Waals surface area (Å²) in [5.41, 5.74) is 3.25. The number of carbonyl (C=O) groups excluding carboxylic acids is 1. The summed E-state index contributed by atoms with van der Waals surface area (Å²) in [6.07, 6.45) is 2.32. The molecule has 0 fully saturated rings. The lowest BCUT2D eigenvalue weighted by Gasteiger charge is -2.08. The highest BCUT2D eigenvalue weighted by atomic mass is 16.1. The van der Waals surface area contributed by atoms with Crippen molar-refractivity contribution in [2.75, 3.05) is 5.32 Å². The van der Waals surface area contributed by atoms with Crippen LogP contribution in [0, 0.1) is 6.92 Å². The Bertz CT molecular complexity index is 824. The minimum atomic E-state index is -0.192. The van der Waals surface area contributed by atoms with Crippen LogP contribution in [0.1, 0.15) is 28.7 Å². The van der Waals surface area contributed by atoms with Gasteiger partial charge < -0.3 is 5.32 Å². The second-order valence-electron chi connectivity index (χ2n) is 5.22. The third-order valence-electron chi connectivity index (χ3n) is 3.58. The molecular formula is C18H18N4O. The fraction of sp³-hybridized carbons (Fsp3) is 0.167. The summed E-state index contributed by atoms with van der Waals surface area (Å²) in [5, 5.41) is 7.21. The summed E-state index contributed by atoms with van der Waals surface area (Å²) >= 11 is 0. The maximum absolute atomic E-state index is 12.5. The molecule has 0 unspecified atom stereocenters. The summed E-state index contributed by atoms with van der Waals surface area (Å²) < 4.78 is 1.80. The zero-order valence-corrected chi connectivity index (χ0v) is 13.2. The van der Waals surface area contributed by atoms with E-state index in [1.807, 2.05) is 56.3 Å². The van der Waals surface area contributed by atoms with Crippen molar-refractivity contribution >= 4 is 11.7 Å². The number of aryl methyl sites for hydroxylation is 1. The van der Waals surface area contributed by atoms with E-state index in [2.05, 4.69) is 15.4 Å². The second-order valence-corrected chi connectivity index (χ2v) is 5.22. The number of rotatable bonds is 4. The predicted molar refractivity (Wildman–Crippen MR) is 89.9 cm³/mol. The van der Waals surface area contributed by atoms with Crippen molar-refractivity contribution in [1.82, 2.24) is 14.8 Å². The number of amides is 1. The number of aromatic nitrogens is 3. The molecule has 0 radical (unpaired) electrons. The summed E-state index contributed by atoms with van der Waals surface area (Å²) in [4.78, 5) is 16.8. The summed E-state index contributed by atoms with van der Waals surface area (Å²) in [7, 11) is 0. The lowest BCUT2D eigenvalue weighted by Crippen LogP contribution is -2.15. The Morgan fingerprint density at radius 1 is 1.13 bits per heavy atom. The van der Waals surface area contributed by atoms with Gasteiger partial charge in [0, 0.05) is 5.69 Å². The van der Waals surface area contributed by atoms with Gasteiger partial charge in [0.05, 0.1) is 23.1 Å². The molecule has 0 bridgehead atoms. The van der Waals surface area contributed by atoms with Crippen LogP contribution < -0.4 is 5.32 Å². The minimum absolute atomic E-state index is 0.192. The van der Waals surface area contributed by atoms with E-state index in [1.165, 1.54) is 0 Å². The zero-order valence-electron chi connectivity index (χ0n) is 13.2. The molecule has 0 saturated carbocycles. The molecule has 1 N–H and O–H groups in total. The van der Waals surface area contributed by atoms with E-state index in [1.54, 1.807) is 16.9 Å². The third kappa shape index (κ3) is 3.13. The van der Waals surface area contributed by atoms with E-state index in [0.29, 0.717) is 17.8 Å². The highest BCUT2D eigenvalue weighted by Gasteiger charge is 2.17. The van der Waals surface area contributed by atoms with E-state index in [0.717, 1.165) is 17.1 Å². The molecule has 2 heterocycles. The molecule has 3 rings (SSSR count). The normalized spacial score (nSPS) is 10.5. The Morgan fingerprint density at radius 3 is 2.61 bits per heavy atom. The van der Waals surface area contributed by atoms with Crippen LogP contribution in [-0.2, 0) is 6.42 Å². The van der Waals surface area contributed by atoms with E-state index < -0.39 is 0 Å². The van der Waals surface area contributed by atoms with Gasteiger partial charge in [0.15, 0.2) is 0 Å². The van der Waals surface area contributed by atoms with E-state index in [4.69, 9.17) is 0 Å². The van der Waals surface area contributed by atoms with Crippen molar-refractivity contribution in [2.24, 2.45) is 0 Å². The highest BCUT2D eigenvalue weighted by Crippen LogP contribution is 2.17. The Hall–Kier alpha value is -2.95. The number of nitrogens with zero attached hydrogens (tertiary/aromatic N) is 3. The van der Waals surface area contributed by atoms with Gasteiger partial charge in [-0.25, -0.2) is 9.67 Å². The molecule has 1 amide bonds. The van der Waals surface area contributed by atoms with Gasteiger partial charge in [-0.15, -0.1) is 0 Å². The standard InChI is InChI=1S/C18H18N4O/c1-3-16-15(12-19-22(16)14-9-5-4-6-10-14)18(23)21-17-11-7-8-13(2)20-17/h4-12H,3H2,1-2H3,(H,20,21,23). The molecule has 0 atom stereocenters. The van der Waals surface area contributed by atoms with Gasteiger partial charge in [-0.2, -0.15) is 5.10 Å². The van der Waals surface area contributed by atoms with Gasteiger partial charge in [0.1, 0.15) is 5.82 Å². The Kier molecular flexibility index (Phi) is 4.19. The molecule has 1 aromatic carbocycles. The lowest BCUT2D eigenvalue weighted by molar-refractivity contribution is 0.102. The smallest absolute Gasteiger partial charge is 0.260 e. The van der Waals surface area contributed by atoms with Gasteiger partial charge in [-0.3, -0.25) is 4.79 Å². The number of pyridine rings is 1. The number of nitrogens with one attached hydrogen (secondary N) is 1. The van der Waals surface area contributed by atoms with Crippen LogP contribution in [0.25, 0.3) is 5.69 Å². The van der Waals surface area contributed by atoms with Crippen molar-refractivity contribution < 1.29 is 4.79 Å². The Labute approximate surface area is 135 Å². The molecule has 2 aromatic heterocycles. The molecule has 5 heteroatoms. The van der Waals surface area contributed by atoms with Crippen LogP contribution in [0.15, 0.2) is 54.7 Å². The zero-order chi connectivity index (χ0) is 16.2. The second kappa shape index (κ2) is 6.44. The molecular weight excluding hydrogens is 288 g/mol. The fourth-order valence-electron chi connectivity index (χ4n) is 2.49. The minimum Gasteiger partial charge on any atom is -0.306 e. The van der Waals surface area contributed by atoms with Crippen LogP contribution in [-0.4, -0.2) is 20.7 Å². The first-order chi connectivity index (χ1) is 11.2. The predicted octanol–water partition coefficient (Wildman–Crippen LogP) is 3.39. The Balaban J connectivity index is 1.91. The maximum atomic E-state index is 12.5. The summed E-state index contributed by atoms with van der Waals surface area (Å²) in [5.74, 6) is 0.353. The molecule has 23 heavy (non-hydrogen) atoms. The highest BCUT2D eigenvalue weighted by molar-refractivity contribution is 6.04. The average Bonchev–Trinajstić information content (AvgIpc) is 2.99. The van der Waals surface area contributed by atoms with Gasteiger partial charge in [0.25, 0.3) is 5.91 Å². The first kappa shape index (κ1) is 15.0. The first-order valence-electron chi connectivity index (χ1n) is 7.56. The van der Waals surface area contributed by atoms with Crippen molar-refractivity contribution in [3.05, 3.63) is 71.7 Å². The van der Waals surface area contributed by atoms with Crippen LogP contribution in [0.4, 0.5) is 5.82 Å². The Morgan fingerprint density at radius 2 is 1.91 bits per heavy atom. The first-order valence-corrected chi connectivity index (χ1v) is 7.56. The number of hydrogen-bond donors (Lipinski definition) is 1. The van der Waals surface area contributed by atoms with Gasteiger partial charge in [0.2, 0.25) is 0 Å².